The molecule has 0 rings (SSSR count). The molecule has 0 heterocycles. The van der Waals surface area contributed by atoms with Crippen LogP contribution in [0.4, 0.5) is 0 Å². The van der Waals surface area contributed by atoms with Crippen LogP contribution in [0.2, 0.25) is 0 Å². The first-order chi connectivity index (χ1) is 4.35. The van der Waals surface area contributed by atoms with Crippen LogP contribution in [0.25, 0.3) is 0 Å². The highest BCUT2D eigenvalue weighted by Crippen LogP contribution is 1.98. The Morgan fingerprint density at radius 2 is 2.11 bits per heavy atom. The van der Waals surface area contributed by atoms with E-state index in [1.54, 1.807) is 0 Å². The zero-order valence-electron chi connectivity index (χ0n) is 6.48. The lowest BCUT2D eigenvalue weighted by Gasteiger charge is -2.12. The van der Waals surface area contributed by atoms with E-state index in [2.05, 4.69) is 12.2 Å². The molecule has 0 aromatic carbocycles. The molecule has 0 aliphatic heterocycles. The summed E-state index contributed by atoms with van der Waals surface area (Å²) in [5, 5.41) is 3.22. The van der Waals surface area contributed by atoms with Crippen molar-refractivity contribution in [2.24, 2.45) is 5.73 Å². The molecule has 0 spiro atoms. The highest BCUT2D eigenvalue weighted by molar-refractivity contribution is 4.62. The zero-order valence-corrected chi connectivity index (χ0v) is 6.48. The maximum Gasteiger partial charge on any atom is 0.00759 e. The molecule has 0 saturated carbocycles. The first kappa shape index (κ1) is 8.92. The van der Waals surface area contributed by atoms with E-state index < -0.39 is 0 Å². The maximum atomic E-state index is 5.40. The number of hydrogen-bond donors (Lipinski definition) is 2. The van der Waals surface area contributed by atoms with E-state index in [-0.39, 0.29) is 0 Å². The van der Waals surface area contributed by atoms with Crippen molar-refractivity contribution in [2.45, 2.75) is 32.2 Å². The predicted molar refractivity (Wildman–Crippen MR) is 41.4 cm³/mol. The van der Waals surface area contributed by atoms with Crippen LogP contribution in [0.15, 0.2) is 0 Å². The number of nitrogens with one attached hydrogen (secondary N) is 1. The van der Waals surface area contributed by atoms with Crippen molar-refractivity contribution in [3.05, 3.63) is 0 Å². The second-order valence-corrected chi connectivity index (χ2v) is 2.35. The van der Waals surface area contributed by atoms with Crippen molar-refractivity contribution in [2.75, 3.05) is 13.6 Å². The first-order valence-corrected chi connectivity index (χ1v) is 3.72. The molecule has 3 N–H and O–H groups in total. The summed E-state index contributed by atoms with van der Waals surface area (Å²) in [6, 6.07) is 0.639. The molecule has 0 bridgehead atoms. The summed E-state index contributed by atoms with van der Waals surface area (Å²) < 4.78 is 0. The lowest BCUT2D eigenvalue weighted by molar-refractivity contribution is 0.489. The number of hydrogen-bond acceptors (Lipinski definition) is 2. The normalized spacial score (nSPS) is 13.7. The minimum atomic E-state index is 0.639. The Morgan fingerprint density at radius 3 is 2.44 bits per heavy atom. The van der Waals surface area contributed by atoms with Crippen molar-refractivity contribution in [1.29, 1.82) is 0 Å². The molecule has 0 aromatic heterocycles. The highest BCUT2D eigenvalue weighted by atomic mass is 14.9. The summed E-state index contributed by atoms with van der Waals surface area (Å²) in [4.78, 5) is 0. The van der Waals surface area contributed by atoms with E-state index in [4.69, 9.17) is 5.73 Å². The minimum absolute atomic E-state index is 0.639. The minimum Gasteiger partial charge on any atom is -0.330 e. The molecule has 1 unspecified atom stereocenters. The van der Waals surface area contributed by atoms with Crippen LogP contribution in [0.1, 0.15) is 26.2 Å². The quantitative estimate of drug-likeness (QED) is 0.575. The molecule has 0 aliphatic rings. The molecular formula is C7H18N2. The van der Waals surface area contributed by atoms with Gasteiger partial charge in [-0.15, -0.1) is 0 Å². The second-order valence-electron chi connectivity index (χ2n) is 2.35. The average molecular weight is 130 g/mol. The van der Waals surface area contributed by atoms with E-state index in [0.29, 0.717) is 6.04 Å². The molecule has 2 nitrogen and oxygen atoms in total. The summed E-state index contributed by atoms with van der Waals surface area (Å²) in [5.41, 5.74) is 5.40. The number of nitrogens with two attached hydrogens (primary N) is 1. The lowest BCUT2D eigenvalue weighted by Crippen LogP contribution is -2.27. The van der Waals surface area contributed by atoms with Crippen molar-refractivity contribution < 1.29 is 0 Å². The van der Waals surface area contributed by atoms with Gasteiger partial charge < -0.3 is 11.1 Å². The summed E-state index contributed by atoms with van der Waals surface area (Å²) in [6.45, 7) is 2.99. The molecule has 0 amide bonds. The van der Waals surface area contributed by atoms with Crippen LogP contribution in [0.5, 0.6) is 0 Å². The Hall–Kier alpha value is -0.0800. The van der Waals surface area contributed by atoms with Crippen molar-refractivity contribution >= 4 is 0 Å². The van der Waals surface area contributed by atoms with Crippen LogP contribution in [0, 0.1) is 0 Å². The van der Waals surface area contributed by atoms with Crippen molar-refractivity contribution in [1.82, 2.24) is 5.32 Å². The van der Waals surface area contributed by atoms with Crippen LogP contribution >= 0.6 is 0 Å². The lowest BCUT2D eigenvalue weighted by atomic mass is 10.1. The van der Waals surface area contributed by atoms with Gasteiger partial charge in [0.2, 0.25) is 0 Å². The van der Waals surface area contributed by atoms with Gasteiger partial charge in [0.15, 0.2) is 0 Å². The summed E-state index contributed by atoms with van der Waals surface area (Å²) in [7, 11) is 2.00. The van der Waals surface area contributed by atoms with E-state index in [1.165, 1.54) is 12.8 Å². The van der Waals surface area contributed by atoms with Gasteiger partial charge >= 0.3 is 0 Å². The molecule has 1 atom stereocenters. The maximum absolute atomic E-state index is 5.40. The molecule has 0 aromatic rings. The fourth-order valence-electron chi connectivity index (χ4n) is 0.983. The zero-order chi connectivity index (χ0) is 7.11. The Kier molecular flexibility index (Phi) is 5.99. The van der Waals surface area contributed by atoms with Gasteiger partial charge in [-0.1, -0.05) is 13.3 Å². The third kappa shape index (κ3) is 4.43. The second kappa shape index (κ2) is 6.05. The fourth-order valence-corrected chi connectivity index (χ4v) is 0.983. The standard InChI is InChI=1S/C7H18N2/c1-3-4-7(9-2)5-6-8/h7,9H,3-6,8H2,1-2H3. The van der Waals surface area contributed by atoms with E-state index in [9.17, 15) is 0 Å². The topological polar surface area (TPSA) is 38.0 Å². The van der Waals surface area contributed by atoms with Crippen molar-refractivity contribution in [3.8, 4) is 0 Å². The predicted octanol–water partition coefficient (Wildman–Crippen LogP) is 0.723. The monoisotopic (exact) mass is 130 g/mol. The third-order valence-electron chi connectivity index (χ3n) is 1.56. The summed E-state index contributed by atoms with van der Waals surface area (Å²) in [5.74, 6) is 0. The fraction of sp³-hybridized carbons (Fsp3) is 1.00. The van der Waals surface area contributed by atoms with E-state index in [0.717, 1.165) is 13.0 Å². The molecule has 0 aliphatic carbocycles. The Balaban J connectivity index is 3.18. The first-order valence-electron chi connectivity index (χ1n) is 3.72. The SMILES string of the molecule is CCCC(CCN)NC. The van der Waals surface area contributed by atoms with E-state index >= 15 is 0 Å². The van der Waals surface area contributed by atoms with Crippen LogP contribution in [-0.4, -0.2) is 19.6 Å². The average Bonchev–Trinajstić information content (AvgIpc) is 1.88. The largest absolute Gasteiger partial charge is 0.330 e. The van der Waals surface area contributed by atoms with Gasteiger partial charge in [-0.3, -0.25) is 0 Å². The molecule has 0 saturated heterocycles. The molecule has 0 fully saturated rings. The van der Waals surface area contributed by atoms with Gasteiger partial charge in [0.25, 0.3) is 0 Å². The highest BCUT2D eigenvalue weighted by Gasteiger charge is 2.00. The molecular weight excluding hydrogens is 112 g/mol. The Bertz CT molecular complexity index is 48.9. The van der Waals surface area contributed by atoms with Crippen LogP contribution in [0.3, 0.4) is 0 Å². The van der Waals surface area contributed by atoms with Gasteiger partial charge in [-0.25, -0.2) is 0 Å². The van der Waals surface area contributed by atoms with E-state index in [1.807, 2.05) is 7.05 Å². The van der Waals surface area contributed by atoms with Gasteiger partial charge in [-0.2, -0.15) is 0 Å². The molecule has 9 heavy (non-hydrogen) atoms. The van der Waals surface area contributed by atoms with Crippen molar-refractivity contribution in [3.63, 3.8) is 0 Å². The summed E-state index contributed by atoms with van der Waals surface area (Å²) >= 11 is 0. The molecule has 2 heteroatoms. The van der Waals surface area contributed by atoms with Crippen LogP contribution < -0.4 is 11.1 Å². The third-order valence-corrected chi connectivity index (χ3v) is 1.56. The molecule has 56 valence electrons. The summed E-state index contributed by atoms with van der Waals surface area (Å²) in [6.07, 6.45) is 3.59. The Labute approximate surface area is 57.8 Å². The van der Waals surface area contributed by atoms with Crippen LogP contribution in [-0.2, 0) is 0 Å². The van der Waals surface area contributed by atoms with Gasteiger partial charge in [-0.05, 0) is 26.4 Å². The molecule has 0 radical (unpaired) electrons. The number of rotatable bonds is 5. The van der Waals surface area contributed by atoms with Gasteiger partial charge in [0.05, 0.1) is 0 Å². The van der Waals surface area contributed by atoms with Gasteiger partial charge in [0, 0.05) is 6.04 Å². The Morgan fingerprint density at radius 1 is 1.44 bits per heavy atom. The van der Waals surface area contributed by atoms with Gasteiger partial charge in [0.1, 0.15) is 0 Å². The smallest absolute Gasteiger partial charge is 0.00759 e.